The molecule has 0 amide bonds. The van der Waals surface area contributed by atoms with Crippen LogP contribution < -0.4 is 10.1 Å². The second-order valence-corrected chi connectivity index (χ2v) is 5.44. The van der Waals surface area contributed by atoms with Gasteiger partial charge in [0.15, 0.2) is 0 Å². The fourth-order valence-corrected chi connectivity index (χ4v) is 2.66. The lowest BCUT2D eigenvalue weighted by molar-refractivity contribution is 0.357. The molecule has 4 heteroatoms. The minimum absolute atomic E-state index is 0.716. The summed E-state index contributed by atoms with van der Waals surface area (Å²) in [6, 6.07) is 10.3. The number of nitrogens with one attached hydrogen (secondary N) is 1. The number of furan rings is 1. The van der Waals surface area contributed by atoms with Crippen molar-refractivity contribution in [1.29, 1.82) is 0 Å². The Morgan fingerprint density at radius 2 is 2.11 bits per heavy atom. The molecule has 19 heavy (non-hydrogen) atoms. The smallest absolute Gasteiger partial charge is 0.123 e. The fourth-order valence-electron chi connectivity index (χ4n) is 2.22. The van der Waals surface area contributed by atoms with E-state index in [4.69, 9.17) is 9.15 Å². The Kier molecular flexibility index (Phi) is 3.69. The van der Waals surface area contributed by atoms with Gasteiger partial charge in [-0.1, -0.05) is 0 Å². The Morgan fingerprint density at radius 1 is 1.21 bits per heavy atom. The quantitative estimate of drug-likeness (QED) is 0.902. The maximum Gasteiger partial charge on any atom is 0.123 e. The van der Waals surface area contributed by atoms with Crippen molar-refractivity contribution in [2.24, 2.45) is 0 Å². The minimum atomic E-state index is 0.716. The Balaban J connectivity index is 1.62. The van der Waals surface area contributed by atoms with Crippen molar-refractivity contribution in [1.82, 2.24) is 0 Å². The van der Waals surface area contributed by atoms with Gasteiger partial charge in [0.2, 0.25) is 0 Å². The molecular weight excluding hydrogens is 258 g/mol. The number of hydrogen-bond acceptors (Lipinski definition) is 4. The van der Waals surface area contributed by atoms with E-state index in [2.05, 4.69) is 23.7 Å². The summed E-state index contributed by atoms with van der Waals surface area (Å²) in [5.41, 5.74) is 2.40. The van der Waals surface area contributed by atoms with Crippen LogP contribution in [0.5, 0.6) is 5.75 Å². The summed E-state index contributed by atoms with van der Waals surface area (Å²) in [7, 11) is 0. The Hall–Kier alpha value is -1.55. The lowest BCUT2D eigenvalue weighted by Crippen LogP contribution is -1.98. The van der Waals surface area contributed by atoms with Gasteiger partial charge in [-0.3, -0.25) is 0 Å². The van der Waals surface area contributed by atoms with Gasteiger partial charge in [0.25, 0.3) is 0 Å². The first-order valence-corrected chi connectivity index (χ1v) is 7.80. The normalized spacial score (nSPS) is 13.1. The zero-order valence-electron chi connectivity index (χ0n) is 10.9. The summed E-state index contributed by atoms with van der Waals surface area (Å²) < 4.78 is 11.2. The van der Waals surface area contributed by atoms with Crippen molar-refractivity contribution in [3.8, 4) is 5.75 Å². The maximum absolute atomic E-state index is 5.73. The lowest BCUT2D eigenvalue weighted by atomic mass is 10.1. The zero-order chi connectivity index (χ0) is 13.1. The standard InChI is InChI=1S/C15H17NO2S/c1-19-10-14-4-3-13(18-14)9-16-12-2-5-15-11(8-12)6-7-17-15/h2-5,8,16H,6-7,9-10H2,1H3. The van der Waals surface area contributed by atoms with Gasteiger partial charge in [-0.2, -0.15) is 11.8 Å². The van der Waals surface area contributed by atoms with Crippen molar-refractivity contribution in [2.75, 3.05) is 18.2 Å². The second kappa shape index (κ2) is 5.61. The van der Waals surface area contributed by atoms with E-state index < -0.39 is 0 Å². The van der Waals surface area contributed by atoms with Crippen LogP contribution in [-0.2, 0) is 18.7 Å². The van der Waals surface area contributed by atoms with Crippen LogP contribution in [0.2, 0.25) is 0 Å². The number of hydrogen-bond donors (Lipinski definition) is 1. The van der Waals surface area contributed by atoms with Gasteiger partial charge in [-0.25, -0.2) is 0 Å². The van der Waals surface area contributed by atoms with Crippen molar-refractivity contribution >= 4 is 17.4 Å². The number of fused-ring (bicyclic) bond motifs is 1. The molecular formula is C15H17NO2S. The highest BCUT2D eigenvalue weighted by atomic mass is 32.2. The lowest BCUT2D eigenvalue weighted by Gasteiger charge is -2.06. The summed E-state index contributed by atoms with van der Waals surface area (Å²) in [5.74, 6) is 3.95. The first-order valence-electron chi connectivity index (χ1n) is 6.41. The van der Waals surface area contributed by atoms with Gasteiger partial charge in [-0.15, -0.1) is 0 Å². The molecule has 0 spiro atoms. The molecule has 3 rings (SSSR count). The Bertz CT molecular complexity index is 565. The van der Waals surface area contributed by atoms with Crippen LogP contribution in [0, 0.1) is 0 Å². The second-order valence-electron chi connectivity index (χ2n) is 4.58. The van der Waals surface area contributed by atoms with E-state index in [-0.39, 0.29) is 0 Å². The minimum Gasteiger partial charge on any atom is -0.493 e. The molecule has 0 fully saturated rings. The highest BCUT2D eigenvalue weighted by Crippen LogP contribution is 2.28. The molecule has 1 aliphatic rings. The summed E-state index contributed by atoms with van der Waals surface area (Å²) in [6.45, 7) is 1.52. The fraction of sp³-hybridized carbons (Fsp3) is 0.333. The highest BCUT2D eigenvalue weighted by Gasteiger charge is 2.11. The zero-order valence-corrected chi connectivity index (χ0v) is 11.8. The molecule has 2 heterocycles. The third-order valence-corrected chi connectivity index (χ3v) is 3.73. The number of rotatable bonds is 5. The van der Waals surface area contributed by atoms with Crippen LogP contribution in [-0.4, -0.2) is 12.9 Å². The molecule has 0 bridgehead atoms. The van der Waals surface area contributed by atoms with Crippen LogP contribution in [0.15, 0.2) is 34.7 Å². The molecule has 0 unspecified atom stereocenters. The summed E-state index contributed by atoms with van der Waals surface area (Å²) in [5, 5.41) is 3.39. The van der Waals surface area contributed by atoms with Crippen LogP contribution in [0.3, 0.4) is 0 Å². The molecule has 0 radical (unpaired) electrons. The van der Waals surface area contributed by atoms with E-state index in [0.717, 1.165) is 41.7 Å². The van der Waals surface area contributed by atoms with Crippen molar-refractivity contribution in [3.63, 3.8) is 0 Å². The van der Waals surface area contributed by atoms with Crippen molar-refractivity contribution < 1.29 is 9.15 Å². The Morgan fingerprint density at radius 3 is 3.00 bits per heavy atom. The average molecular weight is 275 g/mol. The third-order valence-electron chi connectivity index (χ3n) is 3.16. The highest BCUT2D eigenvalue weighted by molar-refractivity contribution is 7.97. The van der Waals surface area contributed by atoms with Crippen molar-refractivity contribution in [3.05, 3.63) is 47.4 Å². The van der Waals surface area contributed by atoms with Crippen LogP contribution in [0.1, 0.15) is 17.1 Å². The molecule has 1 aliphatic heterocycles. The van der Waals surface area contributed by atoms with Gasteiger partial charge in [0.05, 0.1) is 18.9 Å². The predicted octanol–water partition coefficient (Wildman–Crippen LogP) is 3.69. The van der Waals surface area contributed by atoms with Gasteiger partial charge < -0.3 is 14.5 Å². The first kappa shape index (κ1) is 12.5. The van der Waals surface area contributed by atoms with E-state index >= 15 is 0 Å². The van der Waals surface area contributed by atoms with Gasteiger partial charge in [0.1, 0.15) is 17.3 Å². The molecule has 0 aliphatic carbocycles. The SMILES string of the molecule is CSCc1ccc(CNc2ccc3c(c2)CCO3)o1. The summed E-state index contributed by atoms with van der Waals surface area (Å²) >= 11 is 1.77. The van der Waals surface area contributed by atoms with E-state index in [1.807, 2.05) is 18.2 Å². The maximum atomic E-state index is 5.73. The predicted molar refractivity (Wildman–Crippen MR) is 78.9 cm³/mol. The van der Waals surface area contributed by atoms with Gasteiger partial charge in [0, 0.05) is 12.1 Å². The van der Waals surface area contributed by atoms with Gasteiger partial charge in [-0.05, 0) is 42.2 Å². The Labute approximate surface area is 117 Å². The van der Waals surface area contributed by atoms with Crippen LogP contribution in [0.4, 0.5) is 5.69 Å². The number of anilines is 1. The number of benzene rings is 1. The molecule has 2 aromatic rings. The monoisotopic (exact) mass is 275 g/mol. The molecule has 0 atom stereocenters. The molecule has 3 nitrogen and oxygen atoms in total. The van der Waals surface area contributed by atoms with E-state index in [0.29, 0.717) is 6.54 Å². The summed E-state index contributed by atoms with van der Waals surface area (Å²) in [6.07, 6.45) is 3.08. The largest absolute Gasteiger partial charge is 0.493 e. The topological polar surface area (TPSA) is 34.4 Å². The van der Waals surface area contributed by atoms with Gasteiger partial charge >= 0.3 is 0 Å². The molecule has 1 N–H and O–H groups in total. The molecule has 0 saturated heterocycles. The molecule has 0 saturated carbocycles. The molecule has 1 aromatic carbocycles. The van der Waals surface area contributed by atoms with E-state index in [1.54, 1.807) is 11.8 Å². The molecule has 1 aromatic heterocycles. The third kappa shape index (κ3) is 2.89. The number of thioether (sulfide) groups is 1. The summed E-state index contributed by atoms with van der Waals surface area (Å²) in [4.78, 5) is 0. The van der Waals surface area contributed by atoms with Crippen LogP contribution >= 0.6 is 11.8 Å². The number of ether oxygens (including phenoxy) is 1. The van der Waals surface area contributed by atoms with E-state index in [1.165, 1.54) is 5.56 Å². The first-order chi connectivity index (χ1) is 9.35. The van der Waals surface area contributed by atoms with E-state index in [9.17, 15) is 0 Å². The average Bonchev–Trinajstić information content (AvgIpc) is 3.04. The van der Waals surface area contributed by atoms with Crippen LogP contribution in [0.25, 0.3) is 0 Å². The molecule has 100 valence electrons. The van der Waals surface area contributed by atoms with Crippen molar-refractivity contribution in [2.45, 2.75) is 18.7 Å².